The number of carbonyl (C=O) groups excluding carboxylic acids is 1. The lowest BCUT2D eigenvalue weighted by Gasteiger charge is -2.26. The zero-order valence-electron chi connectivity index (χ0n) is 7.42. The molecular weight excluding hydrogens is 190 g/mol. The van der Waals surface area contributed by atoms with Gasteiger partial charge in [-0.1, -0.05) is 0 Å². The van der Waals surface area contributed by atoms with E-state index >= 15 is 0 Å². The predicted molar refractivity (Wildman–Crippen MR) is 53.1 cm³/mol. The lowest BCUT2D eigenvalue weighted by atomic mass is 10.4. The summed E-state index contributed by atoms with van der Waals surface area (Å²) in [6, 6.07) is -0.316. The molecule has 2 amide bonds. The number of nitrogens with one attached hydrogen (secondary N) is 3. The molecule has 6 nitrogen and oxygen atoms in total. The first-order valence-electron chi connectivity index (χ1n) is 3.72. The molecule has 0 aliphatic carbocycles. The van der Waals surface area contributed by atoms with Gasteiger partial charge in [0.2, 0.25) is 0 Å². The molecule has 3 N–H and O–H groups in total. The van der Waals surface area contributed by atoms with Crippen LogP contribution in [0.25, 0.3) is 0 Å². The number of hydrogen-bond acceptors (Lipinski definition) is 3. The van der Waals surface area contributed by atoms with Gasteiger partial charge in [0.25, 0.3) is 0 Å². The average molecular weight is 201 g/mol. The van der Waals surface area contributed by atoms with E-state index in [4.69, 9.17) is 12.2 Å². The number of carbonyl (C=O) groups is 1. The second-order valence-corrected chi connectivity index (χ2v) is 2.95. The van der Waals surface area contributed by atoms with E-state index in [9.17, 15) is 4.79 Å². The van der Waals surface area contributed by atoms with Crippen molar-refractivity contribution in [2.45, 2.75) is 6.92 Å². The van der Waals surface area contributed by atoms with Gasteiger partial charge in [0.15, 0.2) is 5.11 Å². The summed E-state index contributed by atoms with van der Waals surface area (Å²) >= 11 is 4.84. The number of amides is 2. The summed E-state index contributed by atoms with van der Waals surface area (Å²) in [5.74, 6) is 0. The summed E-state index contributed by atoms with van der Waals surface area (Å²) in [7, 11) is 1.68. The van der Waals surface area contributed by atoms with Gasteiger partial charge in [-0.2, -0.15) is 5.10 Å². The van der Waals surface area contributed by atoms with Crippen molar-refractivity contribution < 1.29 is 4.79 Å². The molecule has 1 rings (SSSR count). The Morgan fingerprint density at radius 2 is 2.46 bits per heavy atom. The van der Waals surface area contributed by atoms with E-state index in [2.05, 4.69) is 21.3 Å². The van der Waals surface area contributed by atoms with Gasteiger partial charge in [0, 0.05) is 7.05 Å². The van der Waals surface area contributed by atoms with Gasteiger partial charge in [-0.3, -0.25) is 5.43 Å². The van der Waals surface area contributed by atoms with E-state index in [0.717, 1.165) is 5.71 Å². The highest BCUT2D eigenvalue weighted by molar-refractivity contribution is 7.80. The highest BCUT2D eigenvalue weighted by Crippen LogP contribution is 1.93. The summed E-state index contributed by atoms with van der Waals surface area (Å²) in [6.45, 7) is 2.24. The van der Waals surface area contributed by atoms with E-state index in [1.807, 2.05) is 6.92 Å². The molecule has 0 radical (unpaired) electrons. The first-order valence-corrected chi connectivity index (χ1v) is 4.13. The van der Waals surface area contributed by atoms with Gasteiger partial charge >= 0.3 is 6.03 Å². The Hall–Kier alpha value is -1.37. The minimum Gasteiger partial charge on any atom is -0.364 e. The second-order valence-electron chi connectivity index (χ2n) is 2.54. The Labute approximate surface area is 81.3 Å². The van der Waals surface area contributed by atoms with Crippen molar-refractivity contribution in [3.05, 3.63) is 0 Å². The predicted octanol–water partition coefficient (Wildman–Crippen LogP) is -0.604. The second kappa shape index (κ2) is 4.04. The van der Waals surface area contributed by atoms with Crippen molar-refractivity contribution in [1.82, 2.24) is 21.2 Å². The highest BCUT2D eigenvalue weighted by Gasteiger charge is 2.18. The Morgan fingerprint density at radius 3 is 3.08 bits per heavy atom. The average Bonchev–Trinajstić information content (AvgIpc) is 2.11. The van der Waals surface area contributed by atoms with E-state index in [0.29, 0.717) is 11.7 Å². The maximum absolute atomic E-state index is 11.1. The minimum absolute atomic E-state index is 0.316. The molecule has 1 aliphatic rings. The zero-order valence-corrected chi connectivity index (χ0v) is 8.23. The zero-order chi connectivity index (χ0) is 9.84. The molecule has 72 valence electrons. The van der Waals surface area contributed by atoms with E-state index in [1.54, 1.807) is 7.05 Å². The summed E-state index contributed by atoms with van der Waals surface area (Å²) in [5.41, 5.74) is 5.86. The summed E-state index contributed by atoms with van der Waals surface area (Å²) < 4.78 is 0. The molecule has 0 unspecified atom stereocenters. The van der Waals surface area contributed by atoms with Crippen molar-refractivity contribution in [2.75, 3.05) is 13.6 Å². The maximum Gasteiger partial charge on any atom is 0.356 e. The lowest BCUT2D eigenvalue weighted by Crippen LogP contribution is -2.56. The normalized spacial score (nSPS) is 16.0. The van der Waals surface area contributed by atoms with Crippen molar-refractivity contribution in [1.29, 1.82) is 0 Å². The summed E-state index contributed by atoms with van der Waals surface area (Å²) in [4.78, 5) is 11.1. The highest BCUT2D eigenvalue weighted by atomic mass is 32.1. The Morgan fingerprint density at radius 1 is 1.77 bits per heavy atom. The van der Waals surface area contributed by atoms with Crippen LogP contribution in [0.4, 0.5) is 4.79 Å². The number of hydrazone groups is 1. The number of hydrogen-bond donors (Lipinski definition) is 3. The molecule has 0 bridgehead atoms. The maximum atomic E-state index is 11.1. The smallest absolute Gasteiger partial charge is 0.356 e. The molecule has 7 heteroatoms. The Kier molecular flexibility index (Phi) is 3.02. The van der Waals surface area contributed by atoms with E-state index in [1.165, 1.54) is 5.01 Å². The number of thiocarbonyl (C=S) groups is 1. The Balaban J connectivity index is 2.55. The topological polar surface area (TPSA) is 68.8 Å². The van der Waals surface area contributed by atoms with Crippen molar-refractivity contribution in [3.63, 3.8) is 0 Å². The molecule has 13 heavy (non-hydrogen) atoms. The van der Waals surface area contributed by atoms with Crippen LogP contribution < -0.4 is 16.2 Å². The quantitative estimate of drug-likeness (QED) is 0.495. The van der Waals surface area contributed by atoms with Gasteiger partial charge in [-0.25, -0.2) is 15.2 Å². The summed E-state index contributed by atoms with van der Waals surface area (Å²) in [6.07, 6.45) is 0. The fourth-order valence-corrected chi connectivity index (χ4v) is 0.919. The molecule has 0 aromatic carbocycles. The molecule has 0 saturated carbocycles. The summed E-state index contributed by atoms with van der Waals surface area (Å²) in [5, 5.41) is 8.21. The minimum atomic E-state index is -0.316. The molecule has 0 atom stereocenters. The molecule has 0 fully saturated rings. The van der Waals surface area contributed by atoms with E-state index < -0.39 is 0 Å². The van der Waals surface area contributed by atoms with Gasteiger partial charge in [0.1, 0.15) is 0 Å². The van der Waals surface area contributed by atoms with Gasteiger partial charge in [0.05, 0.1) is 12.3 Å². The third-order valence-corrected chi connectivity index (χ3v) is 1.73. The molecule has 0 spiro atoms. The molecule has 0 aromatic heterocycles. The van der Waals surface area contributed by atoms with E-state index in [-0.39, 0.29) is 6.03 Å². The number of urea groups is 1. The lowest BCUT2D eigenvalue weighted by molar-refractivity contribution is 0.192. The van der Waals surface area contributed by atoms with Crippen LogP contribution in [0, 0.1) is 0 Å². The van der Waals surface area contributed by atoms with Crippen LogP contribution in [0.1, 0.15) is 6.92 Å². The van der Waals surface area contributed by atoms with Crippen LogP contribution in [0.5, 0.6) is 0 Å². The van der Waals surface area contributed by atoms with Crippen LogP contribution in [-0.4, -0.2) is 35.5 Å². The molecule has 0 aromatic rings. The molecule has 1 heterocycles. The van der Waals surface area contributed by atoms with Crippen LogP contribution in [0.15, 0.2) is 5.10 Å². The van der Waals surface area contributed by atoms with Crippen molar-refractivity contribution in [2.24, 2.45) is 5.10 Å². The van der Waals surface area contributed by atoms with Crippen LogP contribution in [0.2, 0.25) is 0 Å². The standard InChI is InChI=1S/C6H11N5OS/c1-4-3-11(6(12)9-8-4)10-5(13)7-2/h3H2,1-2H3,(H,9,12)(H2,7,10,13). The molecule has 0 saturated heterocycles. The van der Waals surface area contributed by atoms with Crippen molar-refractivity contribution in [3.8, 4) is 0 Å². The van der Waals surface area contributed by atoms with Gasteiger partial charge in [-0.05, 0) is 19.1 Å². The third kappa shape index (κ3) is 2.55. The van der Waals surface area contributed by atoms with Gasteiger partial charge in [-0.15, -0.1) is 0 Å². The molecular formula is C6H11N5OS. The number of nitrogens with zero attached hydrogens (tertiary/aromatic N) is 2. The first kappa shape index (κ1) is 9.72. The molecule has 1 aliphatic heterocycles. The number of rotatable bonds is 1. The number of hydrazine groups is 1. The first-order chi connectivity index (χ1) is 6.13. The largest absolute Gasteiger partial charge is 0.364 e. The van der Waals surface area contributed by atoms with Crippen molar-refractivity contribution >= 4 is 29.1 Å². The third-order valence-electron chi connectivity index (χ3n) is 1.44. The SMILES string of the molecule is CNC(=S)NN1CC(C)=NNC1=O. The van der Waals surface area contributed by atoms with Gasteiger partial charge < -0.3 is 5.32 Å². The fourth-order valence-electron chi connectivity index (χ4n) is 0.808. The van der Waals surface area contributed by atoms with Crippen LogP contribution >= 0.6 is 12.2 Å². The van der Waals surface area contributed by atoms with Crippen LogP contribution in [0.3, 0.4) is 0 Å². The fraction of sp³-hybridized carbons (Fsp3) is 0.500. The van der Waals surface area contributed by atoms with Crippen LogP contribution in [-0.2, 0) is 0 Å². The Bertz CT molecular complexity index is 264. The monoisotopic (exact) mass is 201 g/mol.